The van der Waals surface area contributed by atoms with Crippen molar-refractivity contribution in [1.82, 2.24) is 15.2 Å². The standard InChI is InChI=1S/C23H22F2N4O3/c1-15(16-3-5-19(32-2)6-4-16)9-17-12-27-8-7-20(17)22(31)28-13-21(30)29-14-23(24,25)10-18(29)11-26/h3-9,12,18H,10,13-14H2,1-2H3,(H,28,31). The molecule has 0 spiro atoms. The molecule has 1 saturated heterocycles. The smallest absolute Gasteiger partial charge is 0.268 e. The Morgan fingerprint density at radius 2 is 2.06 bits per heavy atom. The van der Waals surface area contributed by atoms with Crippen LogP contribution in [0.5, 0.6) is 5.75 Å². The number of benzene rings is 1. The molecule has 2 heterocycles. The van der Waals surface area contributed by atoms with E-state index in [4.69, 9.17) is 10.00 Å². The van der Waals surface area contributed by atoms with E-state index >= 15 is 0 Å². The predicted molar refractivity (Wildman–Crippen MR) is 114 cm³/mol. The van der Waals surface area contributed by atoms with Gasteiger partial charge in [-0.25, -0.2) is 8.78 Å². The molecule has 0 radical (unpaired) electrons. The molecule has 2 aromatic rings. The molecule has 1 atom stereocenters. The Hall–Kier alpha value is -3.80. The first kappa shape index (κ1) is 22.9. The van der Waals surface area contributed by atoms with E-state index in [0.717, 1.165) is 21.8 Å². The molecule has 1 aromatic carbocycles. The molecule has 1 aliphatic rings. The Labute approximate surface area is 184 Å². The van der Waals surface area contributed by atoms with Crippen LogP contribution in [0.1, 0.15) is 34.8 Å². The third kappa shape index (κ3) is 5.27. The number of rotatable bonds is 6. The van der Waals surface area contributed by atoms with E-state index in [1.54, 1.807) is 19.3 Å². The number of methoxy groups -OCH3 is 1. The lowest BCUT2D eigenvalue weighted by Gasteiger charge is -2.19. The molecule has 1 aromatic heterocycles. The molecule has 166 valence electrons. The second kappa shape index (κ2) is 9.56. The van der Waals surface area contributed by atoms with Crippen LogP contribution in [0, 0.1) is 11.3 Å². The number of hydrogen-bond acceptors (Lipinski definition) is 5. The Bertz CT molecular complexity index is 1080. The van der Waals surface area contributed by atoms with Crippen LogP contribution in [0.25, 0.3) is 11.6 Å². The number of halogens is 2. The summed E-state index contributed by atoms with van der Waals surface area (Å²) in [6, 6.07) is 9.43. The average molecular weight is 440 g/mol. The van der Waals surface area contributed by atoms with Crippen molar-refractivity contribution in [3.05, 3.63) is 59.4 Å². The van der Waals surface area contributed by atoms with Gasteiger partial charge in [-0.2, -0.15) is 5.26 Å². The summed E-state index contributed by atoms with van der Waals surface area (Å²) in [5, 5.41) is 11.5. The molecule has 32 heavy (non-hydrogen) atoms. The monoisotopic (exact) mass is 440 g/mol. The number of aromatic nitrogens is 1. The van der Waals surface area contributed by atoms with Gasteiger partial charge in [0.2, 0.25) is 5.91 Å². The van der Waals surface area contributed by atoms with E-state index in [0.29, 0.717) is 5.56 Å². The van der Waals surface area contributed by atoms with E-state index in [-0.39, 0.29) is 5.56 Å². The second-order valence-corrected chi connectivity index (χ2v) is 7.43. The molecule has 7 nitrogen and oxygen atoms in total. The summed E-state index contributed by atoms with van der Waals surface area (Å²) in [6.07, 6.45) is 4.06. The number of pyridine rings is 1. The Morgan fingerprint density at radius 3 is 2.72 bits per heavy atom. The van der Waals surface area contributed by atoms with Gasteiger partial charge in [0.25, 0.3) is 11.8 Å². The van der Waals surface area contributed by atoms with Gasteiger partial charge in [0.05, 0.1) is 26.3 Å². The van der Waals surface area contributed by atoms with Crippen molar-refractivity contribution in [3.8, 4) is 11.8 Å². The fraction of sp³-hybridized carbons (Fsp3) is 0.304. The van der Waals surface area contributed by atoms with E-state index in [1.807, 2.05) is 31.2 Å². The number of nitriles is 1. The molecule has 1 aliphatic heterocycles. The molecule has 9 heteroatoms. The third-order valence-corrected chi connectivity index (χ3v) is 5.15. The van der Waals surface area contributed by atoms with Gasteiger partial charge >= 0.3 is 0 Å². The summed E-state index contributed by atoms with van der Waals surface area (Å²) in [7, 11) is 1.58. The summed E-state index contributed by atoms with van der Waals surface area (Å²) in [6.45, 7) is 0.565. The first-order valence-corrected chi connectivity index (χ1v) is 9.86. The van der Waals surface area contributed by atoms with Gasteiger partial charge in [0, 0.05) is 29.9 Å². The summed E-state index contributed by atoms with van der Waals surface area (Å²) in [4.78, 5) is 29.9. The highest BCUT2D eigenvalue weighted by atomic mass is 19.3. The normalized spacial score (nSPS) is 17.5. The number of carbonyl (C=O) groups excluding carboxylic acids is 2. The molecule has 0 bridgehead atoms. The maximum absolute atomic E-state index is 13.6. The van der Waals surface area contributed by atoms with E-state index in [1.165, 1.54) is 18.5 Å². The van der Waals surface area contributed by atoms with Crippen LogP contribution >= 0.6 is 0 Å². The van der Waals surface area contributed by atoms with Crippen LogP contribution in [0.2, 0.25) is 0 Å². The quantitative estimate of drug-likeness (QED) is 0.745. The van der Waals surface area contributed by atoms with Gasteiger partial charge in [-0.1, -0.05) is 12.1 Å². The summed E-state index contributed by atoms with van der Waals surface area (Å²) < 4.78 is 32.3. The van der Waals surface area contributed by atoms with Gasteiger partial charge in [0.1, 0.15) is 11.8 Å². The number of carbonyl (C=O) groups is 2. The summed E-state index contributed by atoms with van der Waals surface area (Å²) in [5.41, 5.74) is 2.62. The molecule has 0 aliphatic carbocycles. The summed E-state index contributed by atoms with van der Waals surface area (Å²) >= 11 is 0. The fourth-order valence-electron chi connectivity index (χ4n) is 3.45. The minimum absolute atomic E-state index is 0.282. The maximum Gasteiger partial charge on any atom is 0.268 e. The number of hydrogen-bond donors (Lipinski definition) is 1. The zero-order chi connectivity index (χ0) is 23.3. The van der Waals surface area contributed by atoms with Gasteiger partial charge in [-0.15, -0.1) is 0 Å². The van der Waals surface area contributed by atoms with Crippen molar-refractivity contribution >= 4 is 23.5 Å². The first-order chi connectivity index (χ1) is 15.2. The highest BCUT2D eigenvalue weighted by molar-refractivity contribution is 6.00. The minimum atomic E-state index is -3.11. The van der Waals surface area contributed by atoms with E-state index in [2.05, 4.69) is 10.3 Å². The van der Waals surface area contributed by atoms with Crippen molar-refractivity contribution in [2.45, 2.75) is 25.3 Å². The number of nitrogens with zero attached hydrogens (tertiary/aromatic N) is 3. The van der Waals surface area contributed by atoms with Crippen molar-refractivity contribution in [2.24, 2.45) is 0 Å². The molecule has 1 N–H and O–H groups in total. The lowest BCUT2D eigenvalue weighted by molar-refractivity contribution is -0.131. The third-order valence-electron chi connectivity index (χ3n) is 5.15. The predicted octanol–water partition coefficient (Wildman–Crippen LogP) is 3.14. The molecule has 2 amide bonds. The zero-order valence-electron chi connectivity index (χ0n) is 17.6. The molecule has 0 saturated carbocycles. The van der Waals surface area contributed by atoms with Crippen molar-refractivity contribution in [1.29, 1.82) is 5.26 Å². The molecule has 1 unspecified atom stereocenters. The number of amides is 2. The molecular weight excluding hydrogens is 418 g/mol. The lowest BCUT2D eigenvalue weighted by atomic mass is 10.0. The largest absolute Gasteiger partial charge is 0.497 e. The van der Waals surface area contributed by atoms with Gasteiger partial charge in [0.15, 0.2) is 0 Å². The second-order valence-electron chi connectivity index (χ2n) is 7.43. The molecule has 1 fully saturated rings. The van der Waals surface area contributed by atoms with Crippen molar-refractivity contribution in [3.63, 3.8) is 0 Å². The van der Waals surface area contributed by atoms with Crippen LogP contribution in [-0.4, -0.2) is 53.9 Å². The van der Waals surface area contributed by atoms with Gasteiger partial charge in [-0.3, -0.25) is 14.6 Å². The Kier molecular flexibility index (Phi) is 6.83. The maximum atomic E-state index is 13.6. The van der Waals surface area contributed by atoms with Crippen LogP contribution in [-0.2, 0) is 4.79 Å². The van der Waals surface area contributed by atoms with Gasteiger partial charge in [-0.05, 0) is 42.3 Å². The Balaban J connectivity index is 1.71. The number of nitrogens with one attached hydrogen (secondary N) is 1. The van der Waals surface area contributed by atoms with Crippen molar-refractivity contribution in [2.75, 3.05) is 20.2 Å². The number of ether oxygens (including phenoxy) is 1. The number of likely N-dealkylation sites (tertiary alicyclic amines) is 1. The molecular formula is C23H22F2N4O3. The topological polar surface area (TPSA) is 95.3 Å². The molecule has 3 rings (SSSR count). The van der Waals surface area contributed by atoms with Crippen molar-refractivity contribution < 1.29 is 23.1 Å². The summed E-state index contributed by atoms with van der Waals surface area (Å²) in [5.74, 6) is -3.67. The van der Waals surface area contributed by atoms with Crippen LogP contribution in [0.3, 0.4) is 0 Å². The van der Waals surface area contributed by atoms with E-state index in [9.17, 15) is 18.4 Å². The van der Waals surface area contributed by atoms with Crippen LogP contribution in [0.4, 0.5) is 8.78 Å². The number of alkyl halides is 2. The van der Waals surface area contributed by atoms with Gasteiger partial charge < -0.3 is 15.0 Å². The highest BCUT2D eigenvalue weighted by Crippen LogP contribution is 2.31. The van der Waals surface area contributed by atoms with Crippen LogP contribution in [0.15, 0.2) is 42.7 Å². The lowest BCUT2D eigenvalue weighted by Crippen LogP contribution is -2.43. The number of allylic oxidation sites excluding steroid dienone is 1. The fourth-order valence-corrected chi connectivity index (χ4v) is 3.45. The average Bonchev–Trinajstić information content (AvgIpc) is 3.12. The minimum Gasteiger partial charge on any atom is -0.497 e. The zero-order valence-corrected chi connectivity index (χ0v) is 17.6. The van der Waals surface area contributed by atoms with Crippen LogP contribution < -0.4 is 10.1 Å². The SMILES string of the molecule is COc1ccc(C(C)=Cc2cnccc2C(=O)NCC(=O)N2CC(F)(F)CC2C#N)cc1. The first-order valence-electron chi connectivity index (χ1n) is 9.86. The highest BCUT2D eigenvalue weighted by Gasteiger charge is 2.47. The Morgan fingerprint density at radius 1 is 1.34 bits per heavy atom. The van der Waals surface area contributed by atoms with E-state index < -0.39 is 43.3 Å².